The molecule has 1 saturated heterocycles. The van der Waals surface area contributed by atoms with Gasteiger partial charge >= 0.3 is 0 Å². The summed E-state index contributed by atoms with van der Waals surface area (Å²) in [4.78, 5) is 11.8. The molecule has 4 heterocycles. The van der Waals surface area contributed by atoms with E-state index >= 15 is 0 Å². The van der Waals surface area contributed by atoms with Crippen LogP contribution in [0.3, 0.4) is 0 Å². The lowest BCUT2D eigenvalue weighted by molar-refractivity contribution is 0.549. The van der Waals surface area contributed by atoms with Gasteiger partial charge < -0.3 is 10.2 Å². The van der Waals surface area contributed by atoms with Crippen LogP contribution in [0, 0.1) is 0 Å². The largest absolute Gasteiger partial charge is 0.351 e. The summed E-state index contributed by atoms with van der Waals surface area (Å²) in [6, 6.07) is 27.0. The number of hydrogen-bond acceptors (Lipinski definition) is 4. The first-order valence-corrected chi connectivity index (χ1v) is 12.6. The highest BCUT2D eigenvalue weighted by Crippen LogP contribution is 2.42. The summed E-state index contributed by atoms with van der Waals surface area (Å²) in [6.45, 7) is 2.17. The molecule has 168 valence electrons. The zero-order chi connectivity index (χ0) is 23.1. The Hall–Kier alpha value is -3.55. The van der Waals surface area contributed by atoms with E-state index < -0.39 is 0 Å². The number of rotatable bonds is 5. The van der Waals surface area contributed by atoms with Gasteiger partial charge in [0.2, 0.25) is 0 Å². The lowest BCUT2D eigenvalue weighted by Crippen LogP contribution is -2.30. The Kier molecular flexibility index (Phi) is 5.36. The predicted molar refractivity (Wildman–Crippen MR) is 143 cm³/mol. The Morgan fingerprint density at radius 1 is 0.971 bits per heavy atom. The lowest BCUT2D eigenvalue weighted by Gasteiger charge is -2.28. The van der Waals surface area contributed by atoms with E-state index in [1.807, 2.05) is 24.4 Å². The van der Waals surface area contributed by atoms with Gasteiger partial charge in [-0.05, 0) is 72.7 Å². The fourth-order valence-corrected chi connectivity index (χ4v) is 5.91. The van der Waals surface area contributed by atoms with E-state index in [2.05, 4.69) is 93.6 Å². The van der Waals surface area contributed by atoms with E-state index in [0.717, 1.165) is 34.1 Å². The molecule has 6 rings (SSSR count). The van der Waals surface area contributed by atoms with Crippen LogP contribution in [0.1, 0.15) is 36.0 Å². The predicted octanol–water partition coefficient (Wildman–Crippen LogP) is 6.22. The molecule has 1 aliphatic heterocycles. The van der Waals surface area contributed by atoms with Crippen molar-refractivity contribution in [2.24, 2.45) is 0 Å². The van der Waals surface area contributed by atoms with Crippen molar-refractivity contribution in [1.29, 1.82) is 0 Å². The average molecular weight is 482 g/mol. The van der Waals surface area contributed by atoms with E-state index in [9.17, 15) is 0 Å². The van der Waals surface area contributed by atoms with Crippen molar-refractivity contribution in [3.8, 4) is 5.13 Å². The van der Waals surface area contributed by atoms with Gasteiger partial charge in [-0.1, -0.05) is 48.6 Å². The maximum absolute atomic E-state index is 5.89. The molecule has 2 atom stereocenters. The molecule has 34 heavy (non-hydrogen) atoms. The third-order valence-electron chi connectivity index (χ3n) is 6.29. The Morgan fingerprint density at radius 3 is 2.56 bits per heavy atom. The number of anilines is 1. The van der Waals surface area contributed by atoms with Crippen LogP contribution in [0.5, 0.6) is 0 Å². The SMILES string of the molecule is CCc1ccc(N2C(=S)N[C@H](c3ccccn3)[C@H]2c2cccn2-c2nc3ccccc3s2)cc1. The van der Waals surface area contributed by atoms with Gasteiger partial charge in [0.25, 0.3) is 0 Å². The van der Waals surface area contributed by atoms with Crippen LogP contribution in [0.4, 0.5) is 5.69 Å². The molecule has 1 fully saturated rings. The minimum Gasteiger partial charge on any atom is -0.351 e. The van der Waals surface area contributed by atoms with Gasteiger partial charge in [0.05, 0.1) is 27.6 Å². The van der Waals surface area contributed by atoms with Crippen LogP contribution in [-0.2, 0) is 6.42 Å². The monoisotopic (exact) mass is 481 g/mol. The minimum absolute atomic E-state index is 0.0862. The Labute approximate surface area is 207 Å². The summed E-state index contributed by atoms with van der Waals surface area (Å²) >= 11 is 7.58. The summed E-state index contributed by atoms with van der Waals surface area (Å²) in [5, 5.41) is 5.20. The van der Waals surface area contributed by atoms with E-state index in [4.69, 9.17) is 17.2 Å². The fraction of sp³-hybridized carbons (Fsp3) is 0.148. The molecule has 5 aromatic rings. The summed E-state index contributed by atoms with van der Waals surface area (Å²) < 4.78 is 3.36. The number of thiazole rings is 1. The van der Waals surface area contributed by atoms with Crippen molar-refractivity contribution in [3.63, 3.8) is 0 Å². The summed E-state index contributed by atoms with van der Waals surface area (Å²) in [5.41, 5.74) is 5.45. The smallest absolute Gasteiger partial charge is 0.194 e. The van der Waals surface area contributed by atoms with Crippen LogP contribution >= 0.6 is 23.6 Å². The molecule has 0 radical (unpaired) electrons. The van der Waals surface area contributed by atoms with Crippen LogP contribution in [0.2, 0.25) is 0 Å². The normalized spacial score (nSPS) is 17.9. The first-order chi connectivity index (χ1) is 16.7. The van der Waals surface area contributed by atoms with Crippen molar-refractivity contribution >= 4 is 44.6 Å². The average Bonchev–Trinajstić information content (AvgIpc) is 3.60. The minimum atomic E-state index is -0.0948. The van der Waals surface area contributed by atoms with E-state index in [1.54, 1.807) is 11.3 Å². The number of fused-ring (bicyclic) bond motifs is 1. The fourth-order valence-electron chi connectivity index (χ4n) is 4.60. The summed E-state index contributed by atoms with van der Waals surface area (Å²) in [5.74, 6) is 0. The Bertz CT molecular complexity index is 1420. The second-order valence-electron chi connectivity index (χ2n) is 8.28. The van der Waals surface area contributed by atoms with Crippen LogP contribution in [0.25, 0.3) is 15.3 Å². The van der Waals surface area contributed by atoms with Gasteiger partial charge in [-0.15, -0.1) is 0 Å². The molecular weight excluding hydrogens is 458 g/mol. The third kappa shape index (κ3) is 3.57. The van der Waals surface area contributed by atoms with Crippen molar-refractivity contribution < 1.29 is 0 Å². The van der Waals surface area contributed by atoms with Gasteiger partial charge in [-0.2, -0.15) is 0 Å². The van der Waals surface area contributed by atoms with Crippen LogP contribution in [0.15, 0.2) is 91.3 Å². The molecule has 7 heteroatoms. The van der Waals surface area contributed by atoms with Gasteiger partial charge in [-0.25, -0.2) is 4.98 Å². The zero-order valence-electron chi connectivity index (χ0n) is 18.6. The molecule has 0 bridgehead atoms. The molecule has 0 spiro atoms. The van der Waals surface area contributed by atoms with E-state index in [0.29, 0.717) is 5.11 Å². The quantitative estimate of drug-likeness (QED) is 0.302. The number of thiocarbonyl (C=S) groups is 1. The highest BCUT2D eigenvalue weighted by atomic mass is 32.1. The molecule has 0 saturated carbocycles. The van der Waals surface area contributed by atoms with Gasteiger partial charge in [0.15, 0.2) is 10.2 Å². The molecule has 2 aromatic carbocycles. The molecule has 5 nitrogen and oxygen atoms in total. The van der Waals surface area contributed by atoms with Crippen molar-refractivity contribution in [2.75, 3.05) is 4.90 Å². The molecule has 0 aliphatic carbocycles. The van der Waals surface area contributed by atoms with Gasteiger partial charge in [0.1, 0.15) is 6.04 Å². The van der Waals surface area contributed by atoms with Gasteiger partial charge in [-0.3, -0.25) is 9.55 Å². The van der Waals surface area contributed by atoms with E-state index in [1.165, 1.54) is 10.3 Å². The van der Waals surface area contributed by atoms with Gasteiger partial charge in [0, 0.05) is 18.1 Å². The lowest BCUT2D eigenvalue weighted by atomic mass is 10.0. The van der Waals surface area contributed by atoms with E-state index in [-0.39, 0.29) is 12.1 Å². The van der Waals surface area contributed by atoms with Crippen LogP contribution < -0.4 is 10.2 Å². The number of aryl methyl sites for hydroxylation is 1. The number of benzene rings is 2. The number of aromatic nitrogens is 3. The van der Waals surface area contributed by atoms with Crippen molar-refractivity contribution in [3.05, 3.63) is 108 Å². The van der Waals surface area contributed by atoms with Crippen molar-refractivity contribution in [1.82, 2.24) is 19.9 Å². The molecule has 0 amide bonds. The Morgan fingerprint density at radius 2 is 1.79 bits per heavy atom. The first-order valence-electron chi connectivity index (χ1n) is 11.4. The highest BCUT2D eigenvalue weighted by Gasteiger charge is 2.42. The molecule has 3 aromatic heterocycles. The number of hydrogen-bond donors (Lipinski definition) is 1. The second kappa shape index (κ2) is 8.66. The highest BCUT2D eigenvalue weighted by molar-refractivity contribution is 7.80. The molecule has 1 aliphatic rings. The topological polar surface area (TPSA) is 46.0 Å². The maximum atomic E-state index is 5.89. The maximum Gasteiger partial charge on any atom is 0.194 e. The van der Waals surface area contributed by atoms with Crippen molar-refractivity contribution in [2.45, 2.75) is 25.4 Å². The Balaban J connectivity index is 1.50. The zero-order valence-corrected chi connectivity index (χ0v) is 20.3. The number of nitrogens with one attached hydrogen (secondary N) is 1. The standard InChI is InChI=1S/C27H23N5S2/c1-2-18-12-14-19(15-13-18)32-25(24(30-26(32)33)21-9-5-6-16-28-21)22-10-7-17-31(22)27-29-20-8-3-4-11-23(20)34-27/h3-17,24-25H,2H2,1H3,(H,30,33)/t24-,25-/m1/s1. The second-order valence-corrected chi connectivity index (χ2v) is 9.68. The molecule has 1 N–H and O–H groups in total. The summed E-state index contributed by atoms with van der Waals surface area (Å²) in [6.07, 6.45) is 4.92. The summed E-state index contributed by atoms with van der Waals surface area (Å²) in [7, 11) is 0. The number of nitrogens with zero attached hydrogens (tertiary/aromatic N) is 4. The number of para-hydroxylation sites is 1. The first kappa shape index (κ1) is 21.0. The third-order valence-corrected chi connectivity index (χ3v) is 7.64. The number of pyridine rings is 1. The van der Waals surface area contributed by atoms with Crippen LogP contribution in [-0.4, -0.2) is 19.6 Å². The molecular formula is C27H23N5S2. The molecule has 0 unspecified atom stereocenters.